The summed E-state index contributed by atoms with van der Waals surface area (Å²) < 4.78 is 4.64. The summed E-state index contributed by atoms with van der Waals surface area (Å²) in [5.74, 6) is -1.36. The Kier molecular flexibility index (Phi) is 3.61. The number of amides is 1. The molecule has 0 aliphatic carbocycles. The van der Waals surface area contributed by atoms with Gasteiger partial charge < -0.3 is 15.2 Å². The lowest BCUT2D eigenvalue weighted by molar-refractivity contribution is 0.0702. The molecule has 0 spiro atoms. The number of aromatic carboxylic acids is 1. The van der Waals surface area contributed by atoms with E-state index < -0.39 is 5.97 Å². The molecule has 6 heteroatoms. The minimum atomic E-state index is -1.03. The van der Waals surface area contributed by atoms with Crippen LogP contribution in [0.2, 0.25) is 0 Å². The Morgan fingerprint density at radius 2 is 2.14 bits per heavy atom. The maximum atomic E-state index is 11.3. The molecule has 14 heavy (non-hydrogen) atoms. The molecule has 0 aromatic carbocycles. The fourth-order valence-electron chi connectivity index (χ4n) is 0.800. The van der Waals surface area contributed by atoms with Crippen molar-refractivity contribution in [1.82, 2.24) is 5.32 Å². The Labute approximate surface area is 84.3 Å². The number of ether oxygens (including phenoxy) is 1. The fraction of sp³-hybridized carbons (Fsp3) is 0.250. The first-order valence-corrected chi connectivity index (χ1v) is 4.57. The summed E-state index contributed by atoms with van der Waals surface area (Å²) in [5.41, 5.74) is 0. The first-order valence-electron chi connectivity index (χ1n) is 3.75. The molecule has 1 aromatic heterocycles. The zero-order valence-corrected chi connectivity index (χ0v) is 8.26. The first-order chi connectivity index (χ1) is 6.65. The van der Waals surface area contributed by atoms with Crippen molar-refractivity contribution in [3.63, 3.8) is 0 Å². The number of carboxylic acids is 1. The highest BCUT2D eigenvalue weighted by Gasteiger charge is 2.11. The molecule has 0 fully saturated rings. The highest BCUT2D eigenvalue weighted by molar-refractivity contribution is 7.15. The predicted octanol–water partition coefficient (Wildman–Crippen LogP) is 0.780. The van der Waals surface area contributed by atoms with Crippen molar-refractivity contribution >= 4 is 23.2 Å². The first kappa shape index (κ1) is 10.7. The van der Waals surface area contributed by atoms with Gasteiger partial charge in [0.15, 0.2) is 0 Å². The summed E-state index contributed by atoms with van der Waals surface area (Å²) in [6, 6.07) is 2.87. The molecule has 1 aromatic rings. The summed E-state index contributed by atoms with van der Waals surface area (Å²) in [6.07, 6.45) is 0. The van der Waals surface area contributed by atoms with Gasteiger partial charge in [-0.05, 0) is 12.1 Å². The molecule has 1 rings (SSSR count). The monoisotopic (exact) mass is 215 g/mol. The van der Waals surface area contributed by atoms with Crippen molar-refractivity contribution in [2.75, 3.05) is 13.8 Å². The maximum Gasteiger partial charge on any atom is 0.345 e. The van der Waals surface area contributed by atoms with Crippen molar-refractivity contribution in [3.05, 3.63) is 21.9 Å². The molecule has 1 amide bonds. The van der Waals surface area contributed by atoms with E-state index in [1.165, 1.54) is 19.2 Å². The number of hydrogen-bond donors (Lipinski definition) is 2. The molecule has 0 aliphatic heterocycles. The van der Waals surface area contributed by atoms with E-state index in [0.717, 1.165) is 11.3 Å². The van der Waals surface area contributed by atoms with Crippen LogP contribution in [0.1, 0.15) is 19.3 Å². The van der Waals surface area contributed by atoms with E-state index in [1.54, 1.807) is 0 Å². The van der Waals surface area contributed by atoms with Gasteiger partial charge in [0, 0.05) is 7.11 Å². The van der Waals surface area contributed by atoms with Crippen LogP contribution in [0.5, 0.6) is 0 Å². The molecule has 0 saturated heterocycles. The van der Waals surface area contributed by atoms with Crippen molar-refractivity contribution in [2.24, 2.45) is 0 Å². The third-order valence-corrected chi connectivity index (χ3v) is 2.49. The average molecular weight is 215 g/mol. The SMILES string of the molecule is COCNC(=O)c1ccc(C(=O)O)s1. The Balaban J connectivity index is 2.66. The zero-order valence-electron chi connectivity index (χ0n) is 7.44. The lowest BCUT2D eigenvalue weighted by Crippen LogP contribution is -2.24. The summed E-state index contributed by atoms with van der Waals surface area (Å²) in [4.78, 5) is 22.3. The van der Waals surface area contributed by atoms with Crippen LogP contribution in [0.25, 0.3) is 0 Å². The zero-order chi connectivity index (χ0) is 10.6. The topological polar surface area (TPSA) is 75.6 Å². The van der Waals surface area contributed by atoms with Gasteiger partial charge in [0.2, 0.25) is 0 Å². The molecule has 2 N–H and O–H groups in total. The molecule has 0 unspecified atom stereocenters. The van der Waals surface area contributed by atoms with Crippen LogP contribution >= 0.6 is 11.3 Å². The molecule has 0 atom stereocenters. The van der Waals surface area contributed by atoms with Gasteiger partial charge in [0.25, 0.3) is 5.91 Å². The molecule has 0 bridgehead atoms. The molecule has 0 saturated carbocycles. The van der Waals surface area contributed by atoms with E-state index in [4.69, 9.17) is 5.11 Å². The van der Waals surface area contributed by atoms with Crippen LogP contribution in [0, 0.1) is 0 Å². The van der Waals surface area contributed by atoms with Crippen molar-refractivity contribution in [3.8, 4) is 0 Å². The number of carbonyl (C=O) groups excluding carboxylic acids is 1. The third kappa shape index (κ3) is 2.54. The summed E-state index contributed by atoms with van der Waals surface area (Å²) in [5, 5.41) is 11.1. The second-order valence-electron chi connectivity index (χ2n) is 2.41. The number of nitrogens with one attached hydrogen (secondary N) is 1. The van der Waals surface area contributed by atoms with E-state index in [1.807, 2.05) is 0 Å². The van der Waals surface area contributed by atoms with Crippen LogP contribution in [0.4, 0.5) is 0 Å². The van der Waals surface area contributed by atoms with Crippen LogP contribution in [0.15, 0.2) is 12.1 Å². The molecular weight excluding hydrogens is 206 g/mol. The van der Waals surface area contributed by atoms with E-state index in [9.17, 15) is 9.59 Å². The van der Waals surface area contributed by atoms with Crippen LogP contribution in [-0.2, 0) is 4.74 Å². The molecular formula is C8H9NO4S. The van der Waals surface area contributed by atoms with Gasteiger partial charge >= 0.3 is 5.97 Å². The van der Waals surface area contributed by atoms with Gasteiger partial charge in [0.1, 0.15) is 11.6 Å². The van der Waals surface area contributed by atoms with Gasteiger partial charge in [-0.2, -0.15) is 0 Å². The van der Waals surface area contributed by atoms with Gasteiger partial charge in [-0.15, -0.1) is 11.3 Å². The van der Waals surface area contributed by atoms with E-state index in [2.05, 4.69) is 10.1 Å². The van der Waals surface area contributed by atoms with Gasteiger partial charge in [0.05, 0.1) is 4.88 Å². The van der Waals surface area contributed by atoms with Crippen molar-refractivity contribution < 1.29 is 19.4 Å². The molecule has 76 valence electrons. The van der Waals surface area contributed by atoms with E-state index in [0.29, 0.717) is 4.88 Å². The minimum absolute atomic E-state index is 0.110. The average Bonchev–Trinajstić information content (AvgIpc) is 2.62. The summed E-state index contributed by atoms with van der Waals surface area (Å²) in [7, 11) is 1.46. The Bertz CT molecular complexity index is 347. The Hall–Kier alpha value is -1.40. The highest BCUT2D eigenvalue weighted by atomic mass is 32.1. The van der Waals surface area contributed by atoms with Gasteiger partial charge in [-0.1, -0.05) is 0 Å². The Morgan fingerprint density at radius 3 is 2.64 bits per heavy atom. The number of carbonyl (C=O) groups is 2. The fourth-order valence-corrected chi connectivity index (χ4v) is 1.56. The minimum Gasteiger partial charge on any atom is -0.477 e. The number of hydrogen-bond acceptors (Lipinski definition) is 4. The number of rotatable bonds is 4. The Morgan fingerprint density at radius 1 is 1.50 bits per heavy atom. The molecule has 0 radical (unpaired) electrons. The second-order valence-corrected chi connectivity index (χ2v) is 3.49. The van der Waals surface area contributed by atoms with Crippen molar-refractivity contribution in [2.45, 2.75) is 0 Å². The lowest BCUT2D eigenvalue weighted by atomic mass is 10.4. The van der Waals surface area contributed by atoms with Gasteiger partial charge in [-0.25, -0.2) is 4.79 Å². The quantitative estimate of drug-likeness (QED) is 0.728. The van der Waals surface area contributed by atoms with E-state index in [-0.39, 0.29) is 17.5 Å². The highest BCUT2D eigenvalue weighted by Crippen LogP contribution is 2.15. The van der Waals surface area contributed by atoms with Crippen LogP contribution in [-0.4, -0.2) is 30.8 Å². The molecule has 0 aliphatic rings. The maximum absolute atomic E-state index is 11.3. The summed E-state index contributed by atoms with van der Waals surface area (Å²) >= 11 is 0.932. The lowest BCUT2D eigenvalue weighted by Gasteiger charge is -1.99. The van der Waals surface area contributed by atoms with Crippen LogP contribution < -0.4 is 5.32 Å². The molecule has 5 nitrogen and oxygen atoms in total. The normalized spacial score (nSPS) is 9.79. The number of carboxylic acid groups (broad SMARTS) is 1. The largest absolute Gasteiger partial charge is 0.477 e. The number of methoxy groups -OCH3 is 1. The molecule has 1 heterocycles. The van der Waals surface area contributed by atoms with Gasteiger partial charge in [-0.3, -0.25) is 4.79 Å². The van der Waals surface area contributed by atoms with Crippen molar-refractivity contribution in [1.29, 1.82) is 0 Å². The van der Waals surface area contributed by atoms with E-state index >= 15 is 0 Å². The standard InChI is InChI=1S/C8H9NO4S/c1-13-4-9-7(10)5-2-3-6(14-5)8(11)12/h2-3H,4H2,1H3,(H,9,10)(H,11,12). The second kappa shape index (κ2) is 4.73. The number of thiophene rings is 1. The van der Waals surface area contributed by atoms with Crippen LogP contribution in [0.3, 0.4) is 0 Å². The third-order valence-electron chi connectivity index (χ3n) is 1.42. The summed E-state index contributed by atoms with van der Waals surface area (Å²) in [6.45, 7) is 0.110. The predicted molar refractivity (Wildman–Crippen MR) is 50.6 cm³/mol. The smallest absolute Gasteiger partial charge is 0.345 e.